The second kappa shape index (κ2) is 3.00. The van der Waals surface area contributed by atoms with E-state index in [9.17, 15) is 0 Å². The van der Waals surface area contributed by atoms with Crippen molar-refractivity contribution >= 4 is 0 Å². The highest BCUT2D eigenvalue weighted by molar-refractivity contribution is 4.95. The summed E-state index contributed by atoms with van der Waals surface area (Å²) in [5, 5.41) is 0. The molecule has 0 heteroatoms. The Hall–Kier alpha value is 0. The summed E-state index contributed by atoms with van der Waals surface area (Å²) in [6.07, 6.45) is 6.07. The standard InChI is InChI=1S/C13H24/c1-9-7-10-5-6-11(8-9)12(10)13(2,3)4/h9-12H,5-8H2,1-4H3/t9?,10-,11?,12?/m1/s1. The van der Waals surface area contributed by atoms with Crippen LogP contribution >= 0.6 is 0 Å². The predicted molar refractivity (Wildman–Crippen MR) is 57.6 cm³/mol. The molecule has 0 saturated heterocycles. The molecule has 0 aromatic rings. The first-order chi connectivity index (χ1) is 5.98. The first-order valence-electron chi connectivity index (χ1n) is 5.98. The van der Waals surface area contributed by atoms with Crippen LogP contribution in [-0.2, 0) is 0 Å². The first-order valence-corrected chi connectivity index (χ1v) is 5.98. The van der Waals surface area contributed by atoms with E-state index in [2.05, 4.69) is 27.7 Å². The minimum absolute atomic E-state index is 0.561. The summed E-state index contributed by atoms with van der Waals surface area (Å²) in [6.45, 7) is 9.78. The Morgan fingerprint density at radius 3 is 1.77 bits per heavy atom. The fraction of sp³-hybridized carbons (Fsp3) is 1.00. The van der Waals surface area contributed by atoms with E-state index in [0.29, 0.717) is 5.41 Å². The third kappa shape index (κ3) is 1.65. The SMILES string of the molecule is CC1CC2CC[C@H](C1)C2C(C)(C)C. The lowest BCUT2D eigenvalue weighted by Crippen LogP contribution is -2.34. The molecule has 4 atom stereocenters. The number of hydrogen-bond donors (Lipinski definition) is 0. The Balaban J connectivity index is 2.15. The Labute approximate surface area is 83.1 Å². The van der Waals surface area contributed by atoms with Gasteiger partial charge in [0.2, 0.25) is 0 Å². The van der Waals surface area contributed by atoms with Gasteiger partial charge in [0, 0.05) is 0 Å². The van der Waals surface area contributed by atoms with E-state index < -0.39 is 0 Å². The van der Waals surface area contributed by atoms with Crippen molar-refractivity contribution in [1.29, 1.82) is 0 Å². The highest BCUT2D eigenvalue weighted by Gasteiger charge is 2.46. The maximum absolute atomic E-state index is 2.45. The average Bonchev–Trinajstić information content (AvgIpc) is 2.23. The number of rotatable bonds is 0. The summed E-state index contributed by atoms with van der Waals surface area (Å²) in [4.78, 5) is 0. The van der Waals surface area contributed by atoms with Crippen molar-refractivity contribution in [3.8, 4) is 0 Å². The van der Waals surface area contributed by atoms with Crippen molar-refractivity contribution in [2.75, 3.05) is 0 Å². The minimum atomic E-state index is 0.561. The van der Waals surface area contributed by atoms with Gasteiger partial charge < -0.3 is 0 Å². The van der Waals surface area contributed by atoms with E-state index in [1.165, 1.54) is 25.7 Å². The first kappa shape index (κ1) is 9.55. The van der Waals surface area contributed by atoms with Gasteiger partial charge in [-0.05, 0) is 54.8 Å². The second-order valence-electron chi connectivity index (χ2n) is 6.57. The van der Waals surface area contributed by atoms with Crippen LogP contribution in [0.3, 0.4) is 0 Å². The third-order valence-electron chi connectivity index (χ3n) is 4.33. The number of fused-ring (bicyclic) bond motifs is 2. The van der Waals surface area contributed by atoms with Crippen LogP contribution in [0.5, 0.6) is 0 Å². The number of hydrogen-bond acceptors (Lipinski definition) is 0. The zero-order chi connectivity index (χ0) is 9.64. The minimum Gasteiger partial charge on any atom is -0.0625 e. The molecule has 0 amide bonds. The largest absolute Gasteiger partial charge is 0.0625 e. The highest BCUT2D eigenvalue weighted by atomic mass is 14.5. The van der Waals surface area contributed by atoms with E-state index in [1.54, 1.807) is 0 Å². The zero-order valence-electron chi connectivity index (χ0n) is 9.64. The average molecular weight is 180 g/mol. The van der Waals surface area contributed by atoms with E-state index >= 15 is 0 Å². The Kier molecular flexibility index (Phi) is 2.20. The van der Waals surface area contributed by atoms with Crippen LogP contribution in [0, 0.1) is 29.1 Å². The molecule has 2 aliphatic carbocycles. The lowest BCUT2D eigenvalue weighted by atomic mass is 9.63. The predicted octanol–water partition coefficient (Wildman–Crippen LogP) is 4.10. The molecule has 0 heterocycles. The third-order valence-corrected chi connectivity index (χ3v) is 4.33. The molecule has 13 heavy (non-hydrogen) atoms. The van der Waals surface area contributed by atoms with Crippen LogP contribution in [0.2, 0.25) is 0 Å². The van der Waals surface area contributed by atoms with Crippen LogP contribution in [-0.4, -0.2) is 0 Å². The summed E-state index contributed by atoms with van der Waals surface area (Å²) in [6, 6.07) is 0. The van der Waals surface area contributed by atoms with Crippen LogP contribution in [0.25, 0.3) is 0 Å². The molecule has 2 aliphatic rings. The molecule has 2 bridgehead atoms. The van der Waals surface area contributed by atoms with Crippen LogP contribution < -0.4 is 0 Å². The monoisotopic (exact) mass is 180 g/mol. The summed E-state index contributed by atoms with van der Waals surface area (Å²) >= 11 is 0. The van der Waals surface area contributed by atoms with Crippen molar-refractivity contribution in [2.45, 2.75) is 53.4 Å². The van der Waals surface area contributed by atoms with Gasteiger partial charge in [0.05, 0.1) is 0 Å². The topological polar surface area (TPSA) is 0 Å². The van der Waals surface area contributed by atoms with Crippen molar-refractivity contribution in [3.63, 3.8) is 0 Å². The summed E-state index contributed by atoms with van der Waals surface area (Å²) in [7, 11) is 0. The molecule has 3 unspecified atom stereocenters. The van der Waals surface area contributed by atoms with Gasteiger partial charge in [0.1, 0.15) is 0 Å². The van der Waals surface area contributed by atoms with Gasteiger partial charge in [0.15, 0.2) is 0 Å². The van der Waals surface area contributed by atoms with Crippen LogP contribution in [0.4, 0.5) is 0 Å². The Morgan fingerprint density at radius 1 is 0.923 bits per heavy atom. The molecule has 0 aromatic heterocycles. The van der Waals surface area contributed by atoms with Crippen molar-refractivity contribution in [2.24, 2.45) is 29.1 Å². The molecule has 0 N–H and O–H groups in total. The van der Waals surface area contributed by atoms with Crippen LogP contribution in [0.15, 0.2) is 0 Å². The van der Waals surface area contributed by atoms with Crippen molar-refractivity contribution < 1.29 is 0 Å². The summed E-state index contributed by atoms with van der Waals surface area (Å²) in [5.41, 5.74) is 0.561. The van der Waals surface area contributed by atoms with Crippen molar-refractivity contribution in [1.82, 2.24) is 0 Å². The highest BCUT2D eigenvalue weighted by Crippen LogP contribution is 2.55. The normalized spacial score (nSPS) is 45.2. The fourth-order valence-corrected chi connectivity index (χ4v) is 4.25. The molecule has 0 nitrogen and oxygen atoms in total. The van der Waals surface area contributed by atoms with E-state index in [1.807, 2.05) is 0 Å². The van der Waals surface area contributed by atoms with Crippen molar-refractivity contribution in [3.05, 3.63) is 0 Å². The van der Waals surface area contributed by atoms with Crippen LogP contribution in [0.1, 0.15) is 53.4 Å². The quantitative estimate of drug-likeness (QED) is 0.526. The maximum atomic E-state index is 2.45. The van der Waals surface area contributed by atoms with E-state index in [0.717, 1.165) is 23.7 Å². The maximum Gasteiger partial charge on any atom is -0.0308 e. The van der Waals surface area contributed by atoms with Gasteiger partial charge in [-0.25, -0.2) is 0 Å². The van der Waals surface area contributed by atoms with Gasteiger partial charge in [0.25, 0.3) is 0 Å². The molecule has 0 spiro atoms. The van der Waals surface area contributed by atoms with Gasteiger partial charge >= 0.3 is 0 Å². The molecule has 0 aliphatic heterocycles. The lowest BCUT2D eigenvalue weighted by molar-refractivity contribution is 0.0737. The van der Waals surface area contributed by atoms with Gasteiger partial charge in [-0.3, -0.25) is 0 Å². The molecule has 0 aromatic carbocycles. The Morgan fingerprint density at radius 2 is 1.38 bits per heavy atom. The van der Waals surface area contributed by atoms with Gasteiger partial charge in [-0.1, -0.05) is 27.7 Å². The van der Waals surface area contributed by atoms with E-state index in [-0.39, 0.29) is 0 Å². The molecular formula is C13H24. The molecular weight excluding hydrogens is 156 g/mol. The fourth-order valence-electron chi connectivity index (χ4n) is 4.25. The van der Waals surface area contributed by atoms with Gasteiger partial charge in [-0.2, -0.15) is 0 Å². The van der Waals surface area contributed by atoms with Gasteiger partial charge in [-0.15, -0.1) is 0 Å². The summed E-state index contributed by atoms with van der Waals surface area (Å²) in [5.74, 6) is 4.17. The molecule has 0 radical (unpaired) electrons. The van der Waals surface area contributed by atoms with E-state index in [4.69, 9.17) is 0 Å². The molecule has 2 fully saturated rings. The zero-order valence-corrected chi connectivity index (χ0v) is 9.64. The summed E-state index contributed by atoms with van der Waals surface area (Å²) < 4.78 is 0. The smallest absolute Gasteiger partial charge is 0.0308 e. The lowest BCUT2D eigenvalue weighted by Gasteiger charge is -2.42. The second-order valence-corrected chi connectivity index (χ2v) is 6.57. The Bertz CT molecular complexity index is 173. The molecule has 76 valence electrons. The molecule has 2 rings (SSSR count). The molecule has 2 saturated carbocycles.